The number of rotatable bonds is 6. The molecule has 1 aromatic rings. The zero-order valence-electron chi connectivity index (χ0n) is 20.4. The number of hydrogen-bond donors (Lipinski definition) is 0. The molecule has 1 aliphatic heterocycles. The highest BCUT2D eigenvalue weighted by molar-refractivity contribution is 6.30. The molecule has 1 unspecified atom stereocenters. The van der Waals surface area contributed by atoms with E-state index in [1.807, 2.05) is 4.90 Å². The number of amides is 3. The van der Waals surface area contributed by atoms with Crippen LogP contribution in [0.3, 0.4) is 0 Å². The Labute approximate surface area is 212 Å². The molecule has 1 saturated heterocycles. The summed E-state index contributed by atoms with van der Waals surface area (Å²) in [6.45, 7) is 0.532. The third-order valence-corrected chi connectivity index (χ3v) is 9.65. The van der Waals surface area contributed by atoms with Gasteiger partial charge >= 0.3 is 0 Å². The molecule has 0 radical (unpaired) electrons. The van der Waals surface area contributed by atoms with Gasteiger partial charge in [0.2, 0.25) is 11.8 Å². The monoisotopic (exact) mass is 494 g/mol. The van der Waals surface area contributed by atoms with Crippen LogP contribution in [0, 0.1) is 23.2 Å². The van der Waals surface area contributed by atoms with E-state index in [1.165, 1.54) is 42.6 Å². The highest BCUT2D eigenvalue weighted by Gasteiger charge is 2.57. The predicted molar refractivity (Wildman–Crippen MR) is 136 cm³/mol. The van der Waals surface area contributed by atoms with Gasteiger partial charge in [0.15, 0.2) is 0 Å². The Morgan fingerprint density at radius 2 is 1.66 bits per heavy atom. The maximum absolute atomic E-state index is 14.4. The van der Waals surface area contributed by atoms with Gasteiger partial charge in [0.25, 0.3) is 5.91 Å². The molecule has 4 bridgehead atoms. The predicted octanol–water partition coefficient (Wildman–Crippen LogP) is 5.91. The Kier molecular flexibility index (Phi) is 6.03. The van der Waals surface area contributed by atoms with Crippen LogP contribution in [-0.4, -0.2) is 35.2 Å². The fourth-order valence-corrected chi connectivity index (χ4v) is 8.32. The molecule has 35 heavy (non-hydrogen) atoms. The summed E-state index contributed by atoms with van der Waals surface area (Å²) in [5, 5.41) is 0.559. The van der Waals surface area contributed by atoms with E-state index in [0.717, 1.165) is 38.5 Å². The van der Waals surface area contributed by atoms with Gasteiger partial charge in [-0.05, 0) is 113 Å². The summed E-state index contributed by atoms with van der Waals surface area (Å²) in [6, 6.07) is 6.09. The highest BCUT2D eigenvalue weighted by Crippen LogP contribution is 2.60. The Morgan fingerprint density at radius 1 is 1.00 bits per heavy atom. The molecule has 5 fully saturated rings. The van der Waals surface area contributed by atoms with Gasteiger partial charge in [-0.25, -0.2) is 4.90 Å². The molecule has 3 amide bonds. The van der Waals surface area contributed by atoms with Gasteiger partial charge in [0, 0.05) is 11.6 Å². The lowest BCUT2D eigenvalue weighted by Crippen LogP contribution is -2.57. The Bertz CT molecular complexity index is 1030. The summed E-state index contributed by atoms with van der Waals surface area (Å²) in [5.74, 6) is 1.60. The van der Waals surface area contributed by atoms with Crippen molar-refractivity contribution in [1.82, 2.24) is 4.90 Å². The molecule has 0 spiro atoms. The molecule has 0 aromatic heterocycles. The minimum atomic E-state index is -0.706. The lowest BCUT2D eigenvalue weighted by molar-refractivity contribution is -0.161. The van der Waals surface area contributed by atoms with Gasteiger partial charge in [0.05, 0.1) is 17.5 Å². The van der Waals surface area contributed by atoms with Gasteiger partial charge in [-0.2, -0.15) is 0 Å². The van der Waals surface area contributed by atoms with Gasteiger partial charge in [0.1, 0.15) is 6.04 Å². The number of imide groups is 1. The molecule has 7 rings (SSSR count). The topological polar surface area (TPSA) is 57.7 Å². The Morgan fingerprint density at radius 3 is 2.26 bits per heavy atom. The molecule has 1 aromatic carbocycles. The van der Waals surface area contributed by atoms with Gasteiger partial charge in [-0.15, -0.1) is 0 Å². The highest BCUT2D eigenvalue weighted by atomic mass is 35.5. The number of anilines is 1. The molecule has 186 valence electrons. The van der Waals surface area contributed by atoms with Crippen molar-refractivity contribution >= 4 is 35.0 Å². The van der Waals surface area contributed by atoms with Crippen LogP contribution in [0.1, 0.15) is 77.0 Å². The van der Waals surface area contributed by atoms with Crippen LogP contribution in [0.15, 0.2) is 35.9 Å². The molecular formula is C29H35ClN2O3. The first-order valence-electron chi connectivity index (χ1n) is 13.5. The summed E-state index contributed by atoms with van der Waals surface area (Å²) in [7, 11) is 0. The third-order valence-electron chi connectivity index (χ3n) is 9.40. The molecule has 6 heteroatoms. The number of carbonyl (C=O) groups is 3. The number of benzene rings is 1. The summed E-state index contributed by atoms with van der Waals surface area (Å²) in [4.78, 5) is 44.3. The second-order valence-electron chi connectivity index (χ2n) is 11.8. The van der Waals surface area contributed by atoms with Crippen LogP contribution in [0.25, 0.3) is 0 Å². The van der Waals surface area contributed by atoms with Crippen molar-refractivity contribution in [1.29, 1.82) is 0 Å². The van der Waals surface area contributed by atoms with E-state index in [9.17, 15) is 14.4 Å². The standard InChI is InChI=1S/C29H35ClN2O3/c30-23-6-8-24(9-7-23)32-26(33)15-25(27(32)34)31(11-10-19-4-2-1-3-5-19)28(35)29-16-20-12-21(17-29)14-22(13-20)18-29/h4,6-9,20-22,25H,1-3,5,10-18H2. The van der Waals surface area contributed by atoms with Crippen LogP contribution in [0.2, 0.25) is 5.02 Å². The summed E-state index contributed by atoms with van der Waals surface area (Å²) in [6.07, 6.45) is 14.5. The molecule has 4 saturated carbocycles. The lowest BCUT2D eigenvalue weighted by atomic mass is 9.49. The van der Waals surface area contributed by atoms with Crippen molar-refractivity contribution in [2.45, 2.75) is 83.1 Å². The fraction of sp³-hybridized carbons (Fsp3) is 0.621. The lowest BCUT2D eigenvalue weighted by Gasteiger charge is -2.57. The first-order chi connectivity index (χ1) is 16.9. The minimum Gasteiger partial charge on any atom is -0.329 e. The molecule has 5 aliphatic carbocycles. The molecular weight excluding hydrogens is 460 g/mol. The second kappa shape index (κ2) is 9.06. The third kappa shape index (κ3) is 4.24. The van der Waals surface area contributed by atoms with E-state index in [2.05, 4.69) is 6.08 Å². The Balaban J connectivity index is 1.29. The molecule has 6 aliphatic rings. The zero-order chi connectivity index (χ0) is 24.2. The summed E-state index contributed by atoms with van der Waals surface area (Å²) in [5.41, 5.74) is 1.60. The second-order valence-corrected chi connectivity index (χ2v) is 12.3. The van der Waals surface area contributed by atoms with E-state index in [1.54, 1.807) is 24.3 Å². The van der Waals surface area contributed by atoms with E-state index < -0.39 is 6.04 Å². The molecule has 0 N–H and O–H groups in total. The van der Waals surface area contributed by atoms with Crippen molar-refractivity contribution in [3.63, 3.8) is 0 Å². The quantitative estimate of drug-likeness (QED) is 0.365. The van der Waals surface area contributed by atoms with Crippen LogP contribution in [-0.2, 0) is 14.4 Å². The number of allylic oxidation sites excluding steroid dienone is 1. The minimum absolute atomic E-state index is 0.0681. The van der Waals surface area contributed by atoms with Crippen LogP contribution in [0.5, 0.6) is 0 Å². The first kappa shape index (κ1) is 23.3. The van der Waals surface area contributed by atoms with Gasteiger partial charge in [-0.1, -0.05) is 23.3 Å². The van der Waals surface area contributed by atoms with Crippen LogP contribution >= 0.6 is 11.6 Å². The van der Waals surface area contributed by atoms with Crippen LogP contribution in [0.4, 0.5) is 5.69 Å². The molecule has 5 nitrogen and oxygen atoms in total. The summed E-state index contributed by atoms with van der Waals surface area (Å²) < 4.78 is 0. The van der Waals surface area contributed by atoms with Crippen molar-refractivity contribution < 1.29 is 14.4 Å². The SMILES string of the molecule is O=C1CC(N(CCC2=CCCCC2)C(=O)C23CC4CC(CC(C4)C2)C3)C(=O)N1c1ccc(Cl)cc1. The summed E-state index contributed by atoms with van der Waals surface area (Å²) >= 11 is 6.03. The van der Waals surface area contributed by atoms with Gasteiger partial charge < -0.3 is 4.90 Å². The van der Waals surface area contributed by atoms with E-state index in [4.69, 9.17) is 11.6 Å². The average Bonchev–Trinajstić information content (AvgIpc) is 3.13. The zero-order valence-corrected chi connectivity index (χ0v) is 21.1. The largest absolute Gasteiger partial charge is 0.329 e. The number of halogens is 1. The normalized spacial score (nSPS) is 33.9. The average molecular weight is 495 g/mol. The van der Waals surface area contributed by atoms with Crippen molar-refractivity contribution in [2.75, 3.05) is 11.4 Å². The van der Waals surface area contributed by atoms with Crippen molar-refractivity contribution in [3.8, 4) is 0 Å². The van der Waals surface area contributed by atoms with Crippen molar-refractivity contribution in [3.05, 3.63) is 40.9 Å². The smallest absolute Gasteiger partial charge is 0.257 e. The maximum atomic E-state index is 14.4. The fourth-order valence-electron chi connectivity index (χ4n) is 8.19. The first-order valence-corrected chi connectivity index (χ1v) is 13.9. The van der Waals surface area contributed by atoms with Crippen LogP contribution < -0.4 is 4.90 Å². The Hall–Kier alpha value is -2.14. The number of nitrogens with zero attached hydrogens (tertiary/aromatic N) is 2. The number of hydrogen-bond acceptors (Lipinski definition) is 3. The molecule has 1 heterocycles. The van der Waals surface area contributed by atoms with E-state index >= 15 is 0 Å². The van der Waals surface area contributed by atoms with Crippen molar-refractivity contribution in [2.24, 2.45) is 23.2 Å². The maximum Gasteiger partial charge on any atom is 0.257 e. The number of carbonyl (C=O) groups excluding carboxylic acids is 3. The van der Waals surface area contributed by atoms with E-state index in [0.29, 0.717) is 35.0 Å². The van der Waals surface area contributed by atoms with Gasteiger partial charge in [-0.3, -0.25) is 14.4 Å². The molecule has 1 atom stereocenters. The van der Waals surface area contributed by atoms with E-state index in [-0.39, 0.29) is 29.6 Å².